The molecule has 29 heavy (non-hydrogen) atoms. The molecular weight excluding hydrogens is 391 g/mol. The minimum Gasteiger partial charge on any atom is -0.387 e. The number of benzene rings is 2. The van der Waals surface area contributed by atoms with Crippen molar-refractivity contribution in [3.05, 3.63) is 59.7 Å². The molecule has 1 atom stereocenters. The zero-order chi connectivity index (χ0) is 21.6. The van der Waals surface area contributed by atoms with Gasteiger partial charge in [0.1, 0.15) is 0 Å². The summed E-state index contributed by atoms with van der Waals surface area (Å²) in [5, 5.41) is 17.0. The van der Waals surface area contributed by atoms with Crippen LogP contribution < -0.4 is 16.0 Å². The molecule has 0 aromatic heterocycles. The summed E-state index contributed by atoms with van der Waals surface area (Å²) in [7, 11) is 0. The van der Waals surface area contributed by atoms with Crippen LogP contribution >= 0.6 is 0 Å². The molecule has 0 aliphatic carbocycles. The van der Waals surface area contributed by atoms with Gasteiger partial charge in [0.15, 0.2) is 0 Å². The number of hydrogen-bond acceptors (Lipinski definition) is 4. The highest BCUT2D eigenvalue weighted by Gasteiger charge is 2.30. The maximum atomic E-state index is 12.5. The van der Waals surface area contributed by atoms with Gasteiger partial charge >= 0.3 is 18.0 Å². The third-order valence-corrected chi connectivity index (χ3v) is 3.73. The fraction of sp³-hybridized carbons (Fsp3) is 0.211. The molecular formula is C19H18F3N3O4. The first-order valence-corrected chi connectivity index (χ1v) is 8.38. The number of rotatable bonds is 5. The van der Waals surface area contributed by atoms with Gasteiger partial charge in [0.05, 0.1) is 11.7 Å². The van der Waals surface area contributed by atoms with Crippen LogP contribution in [0.3, 0.4) is 0 Å². The van der Waals surface area contributed by atoms with E-state index in [0.29, 0.717) is 5.69 Å². The molecule has 0 radical (unpaired) electrons. The van der Waals surface area contributed by atoms with E-state index in [9.17, 15) is 32.7 Å². The smallest absolute Gasteiger partial charge is 0.387 e. The maximum Gasteiger partial charge on any atom is 0.416 e. The number of carbonyl (C=O) groups is 3. The van der Waals surface area contributed by atoms with Crippen LogP contribution in [-0.4, -0.2) is 29.4 Å². The Labute approximate surface area is 163 Å². The normalized spacial score (nSPS) is 12.0. The molecule has 0 aliphatic rings. The van der Waals surface area contributed by atoms with Crippen LogP contribution in [0.15, 0.2) is 48.5 Å². The molecule has 10 heteroatoms. The van der Waals surface area contributed by atoms with Crippen molar-refractivity contribution < 1.29 is 32.7 Å². The predicted octanol–water partition coefficient (Wildman–Crippen LogP) is 2.45. The van der Waals surface area contributed by atoms with Gasteiger partial charge in [-0.15, -0.1) is 0 Å². The van der Waals surface area contributed by atoms with E-state index in [1.165, 1.54) is 19.1 Å². The number of alkyl halides is 3. The zero-order valence-electron chi connectivity index (χ0n) is 15.2. The van der Waals surface area contributed by atoms with Crippen LogP contribution in [0.4, 0.5) is 24.5 Å². The largest absolute Gasteiger partial charge is 0.416 e. The van der Waals surface area contributed by atoms with Crippen molar-refractivity contribution in [1.29, 1.82) is 0 Å². The maximum absolute atomic E-state index is 12.5. The highest BCUT2D eigenvalue weighted by molar-refractivity contribution is 6.39. The van der Waals surface area contributed by atoms with E-state index in [1.807, 2.05) is 0 Å². The summed E-state index contributed by atoms with van der Waals surface area (Å²) in [6, 6.07) is 9.92. The molecule has 154 valence electrons. The molecule has 2 aromatic carbocycles. The minimum absolute atomic E-state index is 0.154. The Balaban J connectivity index is 1.89. The van der Waals surface area contributed by atoms with E-state index in [2.05, 4.69) is 16.0 Å². The molecule has 0 heterocycles. The number of aliphatic hydroxyl groups is 1. The Morgan fingerprint density at radius 2 is 1.55 bits per heavy atom. The van der Waals surface area contributed by atoms with E-state index in [1.54, 1.807) is 12.1 Å². The topological polar surface area (TPSA) is 108 Å². The SMILES string of the molecule is CC(=O)Nc1cccc(NC(=O)C(=O)NC[C@@H](O)c2ccc(C(F)(F)F)cc2)c1. The Morgan fingerprint density at radius 3 is 2.10 bits per heavy atom. The van der Waals surface area contributed by atoms with Crippen LogP contribution in [0.25, 0.3) is 0 Å². The lowest BCUT2D eigenvalue weighted by Gasteiger charge is -2.14. The molecule has 0 aliphatic heterocycles. The number of aliphatic hydroxyl groups excluding tert-OH is 1. The van der Waals surface area contributed by atoms with E-state index < -0.39 is 29.7 Å². The third kappa shape index (κ3) is 6.61. The van der Waals surface area contributed by atoms with Crippen LogP contribution in [0, 0.1) is 0 Å². The van der Waals surface area contributed by atoms with Crippen molar-refractivity contribution in [2.24, 2.45) is 0 Å². The molecule has 0 saturated carbocycles. The van der Waals surface area contributed by atoms with Crippen LogP contribution in [0.1, 0.15) is 24.2 Å². The quantitative estimate of drug-likeness (QED) is 0.569. The summed E-state index contributed by atoms with van der Waals surface area (Å²) in [6.07, 6.45) is -5.79. The average molecular weight is 409 g/mol. The van der Waals surface area contributed by atoms with Gasteiger partial charge in [-0.3, -0.25) is 14.4 Å². The molecule has 3 amide bonds. The van der Waals surface area contributed by atoms with Gasteiger partial charge in [0.2, 0.25) is 5.91 Å². The van der Waals surface area contributed by atoms with Crippen molar-refractivity contribution in [2.45, 2.75) is 19.2 Å². The highest BCUT2D eigenvalue weighted by atomic mass is 19.4. The lowest BCUT2D eigenvalue weighted by molar-refractivity contribution is -0.137. The summed E-state index contributed by atoms with van der Waals surface area (Å²) in [5.41, 5.74) is -0.0202. The zero-order valence-corrected chi connectivity index (χ0v) is 15.2. The van der Waals surface area contributed by atoms with Crippen molar-refractivity contribution >= 4 is 29.1 Å². The first-order valence-electron chi connectivity index (χ1n) is 8.38. The average Bonchev–Trinajstić information content (AvgIpc) is 2.65. The van der Waals surface area contributed by atoms with Crippen molar-refractivity contribution in [3.8, 4) is 0 Å². The highest BCUT2D eigenvalue weighted by Crippen LogP contribution is 2.29. The summed E-state index contributed by atoms with van der Waals surface area (Å²) in [4.78, 5) is 34.9. The molecule has 2 aromatic rings. The second kappa shape index (κ2) is 9.20. The first-order chi connectivity index (χ1) is 13.6. The standard InChI is InChI=1S/C19H18F3N3O4/c1-11(26)24-14-3-2-4-15(9-14)25-18(29)17(28)23-10-16(27)12-5-7-13(8-6-12)19(20,21)22/h2-9,16,27H,10H2,1H3,(H,23,28)(H,24,26)(H,25,29)/t16-/m1/s1. The number of hydrogen-bond donors (Lipinski definition) is 4. The molecule has 0 fully saturated rings. The van der Waals surface area contributed by atoms with Gasteiger partial charge in [0.25, 0.3) is 0 Å². The second-order valence-electron chi connectivity index (χ2n) is 6.06. The van der Waals surface area contributed by atoms with Gasteiger partial charge in [-0.1, -0.05) is 18.2 Å². The molecule has 0 spiro atoms. The Kier molecular flexibility index (Phi) is 6.94. The fourth-order valence-corrected chi connectivity index (χ4v) is 2.35. The fourth-order valence-electron chi connectivity index (χ4n) is 2.35. The van der Waals surface area contributed by atoms with E-state index in [-0.39, 0.29) is 23.7 Å². The van der Waals surface area contributed by atoms with E-state index in [4.69, 9.17) is 0 Å². The van der Waals surface area contributed by atoms with Crippen molar-refractivity contribution in [3.63, 3.8) is 0 Å². The van der Waals surface area contributed by atoms with Gasteiger partial charge in [-0.2, -0.15) is 13.2 Å². The number of halogens is 3. The lowest BCUT2D eigenvalue weighted by atomic mass is 10.1. The Bertz CT molecular complexity index is 898. The minimum atomic E-state index is -4.49. The molecule has 7 nitrogen and oxygen atoms in total. The van der Waals surface area contributed by atoms with Crippen molar-refractivity contribution in [1.82, 2.24) is 5.32 Å². The monoisotopic (exact) mass is 409 g/mol. The number of anilines is 2. The molecule has 2 rings (SSSR count). The van der Waals surface area contributed by atoms with Gasteiger partial charge < -0.3 is 21.1 Å². The Morgan fingerprint density at radius 1 is 0.966 bits per heavy atom. The summed E-state index contributed by atoms with van der Waals surface area (Å²) in [6.45, 7) is 0.949. The summed E-state index contributed by atoms with van der Waals surface area (Å²) >= 11 is 0. The predicted molar refractivity (Wildman–Crippen MR) is 98.8 cm³/mol. The second-order valence-corrected chi connectivity index (χ2v) is 6.06. The van der Waals surface area contributed by atoms with E-state index >= 15 is 0 Å². The van der Waals surface area contributed by atoms with Gasteiger partial charge in [0, 0.05) is 24.8 Å². The number of amides is 3. The van der Waals surface area contributed by atoms with Crippen LogP contribution in [-0.2, 0) is 20.6 Å². The molecule has 0 unspecified atom stereocenters. The Hall–Kier alpha value is -3.40. The van der Waals surface area contributed by atoms with Crippen LogP contribution in [0.5, 0.6) is 0 Å². The molecule has 0 saturated heterocycles. The summed E-state index contributed by atoms with van der Waals surface area (Å²) < 4.78 is 37.6. The van der Waals surface area contributed by atoms with Crippen molar-refractivity contribution in [2.75, 3.05) is 17.2 Å². The third-order valence-electron chi connectivity index (χ3n) is 3.73. The van der Waals surface area contributed by atoms with Gasteiger partial charge in [-0.05, 0) is 35.9 Å². The van der Waals surface area contributed by atoms with Crippen LogP contribution in [0.2, 0.25) is 0 Å². The number of carbonyl (C=O) groups excluding carboxylic acids is 3. The molecule has 0 bridgehead atoms. The first kappa shape index (κ1) is 21.9. The number of nitrogens with one attached hydrogen (secondary N) is 3. The lowest BCUT2D eigenvalue weighted by Crippen LogP contribution is -2.37. The van der Waals surface area contributed by atoms with E-state index in [0.717, 1.165) is 24.3 Å². The van der Waals surface area contributed by atoms with Gasteiger partial charge in [-0.25, -0.2) is 0 Å². The molecule has 4 N–H and O–H groups in total. The summed E-state index contributed by atoms with van der Waals surface area (Å²) in [5.74, 6) is -2.35.